The maximum absolute atomic E-state index is 11.1. The average Bonchev–Trinajstić information content (AvgIpc) is 2.81. The third-order valence-corrected chi connectivity index (χ3v) is 2.42. The third-order valence-electron chi connectivity index (χ3n) is 2.42. The zero-order valence-corrected chi connectivity index (χ0v) is 8.31. The molecule has 4 nitrogen and oxygen atoms in total. The van der Waals surface area contributed by atoms with Crippen molar-refractivity contribution in [3.8, 4) is 11.3 Å². The predicted molar refractivity (Wildman–Crippen MR) is 60.1 cm³/mol. The Morgan fingerprint density at radius 3 is 2.81 bits per heavy atom. The molecule has 4 heteroatoms. The fourth-order valence-corrected chi connectivity index (χ4v) is 1.64. The van der Waals surface area contributed by atoms with E-state index in [9.17, 15) is 4.79 Å². The molecule has 1 N–H and O–H groups in total. The molecule has 3 rings (SSSR count). The maximum Gasteiger partial charge on any atom is 0.336 e. The van der Waals surface area contributed by atoms with Gasteiger partial charge in [0.1, 0.15) is 5.58 Å². The van der Waals surface area contributed by atoms with Gasteiger partial charge >= 0.3 is 5.63 Å². The van der Waals surface area contributed by atoms with Gasteiger partial charge in [-0.15, -0.1) is 0 Å². The number of fused-ring (bicyclic) bond motifs is 1. The lowest BCUT2D eigenvalue weighted by Crippen LogP contribution is -1.94. The van der Waals surface area contributed by atoms with Crippen molar-refractivity contribution in [1.29, 1.82) is 0 Å². The average molecular weight is 212 g/mol. The van der Waals surface area contributed by atoms with Gasteiger partial charge in [-0.25, -0.2) is 4.79 Å². The topological polar surface area (TPSA) is 58.9 Å². The molecule has 0 fully saturated rings. The van der Waals surface area contributed by atoms with Crippen molar-refractivity contribution in [2.75, 3.05) is 0 Å². The minimum absolute atomic E-state index is 0.341. The van der Waals surface area contributed by atoms with Gasteiger partial charge in [0, 0.05) is 23.2 Å². The van der Waals surface area contributed by atoms with E-state index < -0.39 is 0 Å². The number of rotatable bonds is 1. The number of hydrogen-bond donors (Lipinski definition) is 1. The second kappa shape index (κ2) is 3.34. The van der Waals surface area contributed by atoms with Crippen LogP contribution in [0, 0.1) is 0 Å². The second-order valence-electron chi connectivity index (χ2n) is 3.47. The summed E-state index contributed by atoms with van der Waals surface area (Å²) in [7, 11) is 0. The van der Waals surface area contributed by atoms with Gasteiger partial charge < -0.3 is 4.42 Å². The zero-order valence-electron chi connectivity index (χ0n) is 8.31. The van der Waals surface area contributed by atoms with E-state index in [0.29, 0.717) is 5.58 Å². The van der Waals surface area contributed by atoms with Gasteiger partial charge in [-0.1, -0.05) is 12.1 Å². The summed E-state index contributed by atoms with van der Waals surface area (Å²) in [5.41, 5.74) is 1.98. The first kappa shape index (κ1) is 8.91. The first-order valence-corrected chi connectivity index (χ1v) is 4.87. The van der Waals surface area contributed by atoms with Crippen LogP contribution in [0.5, 0.6) is 0 Å². The number of H-pyrrole nitrogens is 1. The van der Waals surface area contributed by atoms with E-state index in [-0.39, 0.29) is 5.63 Å². The van der Waals surface area contributed by atoms with Crippen LogP contribution in [-0.2, 0) is 0 Å². The molecule has 0 aliphatic rings. The zero-order chi connectivity index (χ0) is 11.0. The van der Waals surface area contributed by atoms with Crippen LogP contribution in [0.4, 0.5) is 0 Å². The van der Waals surface area contributed by atoms with Crippen molar-refractivity contribution >= 4 is 11.0 Å². The highest BCUT2D eigenvalue weighted by Gasteiger charge is 2.02. The molecule has 2 aromatic heterocycles. The number of aromatic amines is 1. The Labute approximate surface area is 90.5 Å². The molecule has 2 heterocycles. The van der Waals surface area contributed by atoms with Crippen molar-refractivity contribution < 1.29 is 4.42 Å². The molecular formula is C12H8N2O2. The molecule has 0 unspecified atom stereocenters. The smallest absolute Gasteiger partial charge is 0.336 e. The molecule has 3 aromatic rings. The van der Waals surface area contributed by atoms with Crippen LogP contribution in [0.3, 0.4) is 0 Å². The van der Waals surface area contributed by atoms with Crippen molar-refractivity contribution in [3.05, 3.63) is 53.0 Å². The third kappa shape index (κ3) is 1.40. The Hall–Kier alpha value is -2.36. The van der Waals surface area contributed by atoms with Crippen molar-refractivity contribution in [2.45, 2.75) is 0 Å². The fraction of sp³-hybridized carbons (Fsp3) is 0. The van der Waals surface area contributed by atoms with Crippen LogP contribution in [0.2, 0.25) is 0 Å². The Balaban J connectivity index is 2.26. The van der Waals surface area contributed by atoms with E-state index in [2.05, 4.69) is 10.2 Å². The molecular weight excluding hydrogens is 204 g/mol. The molecule has 1 aromatic carbocycles. The summed E-state index contributed by atoms with van der Waals surface area (Å²) < 4.78 is 5.11. The van der Waals surface area contributed by atoms with Crippen LogP contribution < -0.4 is 5.63 Å². The predicted octanol–water partition coefficient (Wildman–Crippen LogP) is 2.18. The van der Waals surface area contributed by atoms with Gasteiger partial charge in [0.05, 0.1) is 5.69 Å². The van der Waals surface area contributed by atoms with E-state index in [1.165, 1.54) is 6.07 Å². The van der Waals surface area contributed by atoms with E-state index in [4.69, 9.17) is 4.42 Å². The monoisotopic (exact) mass is 212 g/mol. The van der Waals surface area contributed by atoms with E-state index in [0.717, 1.165) is 16.6 Å². The Morgan fingerprint density at radius 1 is 1.12 bits per heavy atom. The molecule has 0 radical (unpaired) electrons. The Kier molecular flexibility index (Phi) is 1.86. The lowest BCUT2D eigenvalue weighted by atomic mass is 10.1. The molecule has 78 valence electrons. The van der Waals surface area contributed by atoms with Gasteiger partial charge in [0.15, 0.2) is 0 Å². The van der Waals surface area contributed by atoms with Crippen LogP contribution in [0.25, 0.3) is 22.2 Å². The lowest BCUT2D eigenvalue weighted by Gasteiger charge is -1.98. The normalized spacial score (nSPS) is 10.8. The Morgan fingerprint density at radius 2 is 2.00 bits per heavy atom. The number of hydrogen-bond acceptors (Lipinski definition) is 3. The highest BCUT2D eigenvalue weighted by atomic mass is 16.4. The largest absolute Gasteiger partial charge is 0.423 e. The van der Waals surface area contributed by atoms with Gasteiger partial charge in [-0.3, -0.25) is 5.10 Å². The summed E-state index contributed by atoms with van der Waals surface area (Å²) in [5.74, 6) is 0. The summed E-state index contributed by atoms with van der Waals surface area (Å²) in [5, 5.41) is 7.72. The molecule has 0 amide bonds. The number of nitrogens with one attached hydrogen (secondary N) is 1. The first-order chi connectivity index (χ1) is 7.83. The summed E-state index contributed by atoms with van der Waals surface area (Å²) in [6.45, 7) is 0. The first-order valence-electron chi connectivity index (χ1n) is 4.87. The molecule has 0 saturated heterocycles. The molecule has 16 heavy (non-hydrogen) atoms. The number of nitrogens with zero attached hydrogens (tertiary/aromatic N) is 1. The minimum atomic E-state index is -0.341. The van der Waals surface area contributed by atoms with Crippen LogP contribution >= 0.6 is 0 Å². The van der Waals surface area contributed by atoms with Crippen LogP contribution in [-0.4, -0.2) is 10.2 Å². The second-order valence-corrected chi connectivity index (χ2v) is 3.47. The van der Waals surface area contributed by atoms with Gasteiger partial charge in [0.2, 0.25) is 0 Å². The number of aromatic nitrogens is 2. The van der Waals surface area contributed by atoms with Crippen LogP contribution in [0.1, 0.15) is 0 Å². The van der Waals surface area contributed by atoms with Crippen molar-refractivity contribution in [3.63, 3.8) is 0 Å². The maximum atomic E-state index is 11.1. The number of benzene rings is 1. The van der Waals surface area contributed by atoms with Gasteiger partial charge in [-0.05, 0) is 18.2 Å². The molecule has 0 atom stereocenters. The molecule has 0 aliphatic carbocycles. The summed E-state index contributed by atoms with van der Waals surface area (Å²) in [4.78, 5) is 11.1. The molecule has 0 aliphatic heterocycles. The van der Waals surface area contributed by atoms with E-state index in [1.54, 1.807) is 12.3 Å². The van der Waals surface area contributed by atoms with Gasteiger partial charge in [-0.2, -0.15) is 5.10 Å². The fourth-order valence-electron chi connectivity index (χ4n) is 1.64. The summed E-state index contributed by atoms with van der Waals surface area (Å²) in [6, 6.07) is 10.7. The molecule has 0 spiro atoms. The summed E-state index contributed by atoms with van der Waals surface area (Å²) >= 11 is 0. The highest BCUT2D eigenvalue weighted by molar-refractivity contribution is 5.81. The Bertz CT molecular complexity index is 684. The highest BCUT2D eigenvalue weighted by Crippen LogP contribution is 2.21. The van der Waals surface area contributed by atoms with E-state index in [1.807, 2.05) is 24.3 Å². The SMILES string of the molecule is O=c1ccc2ccc(-c3cc[nH]n3)cc2o1. The van der Waals surface area contributed by atoms with Crippen LogP contribution in [0.15, 0.2) is 51.8 Å². The quantitative estimate of drug-likeness (QED) is 0.629. The van der Waals surface area contributed by atoms with Gasteiger partial charge in [0.25, 0.3) is 0 Å². The van der Waals surface area contributed by atoms with Crippen molar-refractivity contribution in [1.82, 2.24) is 10.2 Å². The summed E-state index contributed by atoms with van der Waals surface area (Å²) in [6.07, 6.45) is 1.75. The van der Waals surface area contributed by atoms with Crippen molar-refractivity contribution in [2.24, 2.45) is 0 Å². The molecule has 0 bridgehead atoms. The lowest BCUT2D eigenvalue weighted by molar-refractivity contribution is 0.561. The minimum Gasteiger partial charge on any atom is -0.423 e. The standard InChI is InChI=1S/C12H8N2O2/c15-12-4-3-8-1-2-9(7-11(8)16-12)10-5-6-13-14-10/h1-7H,(H,13,14). The van der Waals surface area contributed by atoms with E-state index >= 15 is 0 Å². The molecule has 0 saturated carbocycles.